The van der Waals surface area contributed by atoms with Gasteiger partial charge in [0.05, 0.1) is 10.6 Å². The first-order valence-corrected chi connectivity index (χ1v) is 7.61. The Morgan fingerprint density at radius 2 is 1.48 bits per heavy atom. The molecule has 4 rings (SSSR count). The molecule has 0 atom stereocenters. The normalized spacial score (nSPS) is 11.1. The van der Waals surface area contributed by atoms with Crippen molar-refractivity contribution in [2.75, 3.05) is 0 Å². The zero-order valence-electron chi connectivity index (χ0n) is 11.5. The minimum absolute atomic E-state index is 0.782. The molecule has 0 fully saturated rings. The van der Waals surface area contributed by atoms with Gasteiger partial charge in [-0.15, -0.1) is 5.10 Å². The number of hydrogen-bond donors (Lipinski definition) is 0. The van der Waals surface area contributed by atoms with Gasteiger partial charge in [-0.3, -0.25) is 0 Å². The Morgan fingerprint density at radius 3 is 2.10 bits per heavy atom. The highest BCUT2D eigenvalue weighted by atomic mass is 32.1. The maximum Gasteiger partial charge on any atom is 0.213 e. The molecule has 0 aliphatic carbocycles. The molecule has 0 saturated carbocycles. The Bertz CT molecular complexity index is 892. The van der Waals surface area contributed by atoms with E-state index < -0.39 is 0 Å². The van der Waals surface area contributed by atoms with Crippen LogP contribution in [0, 0.1) is 6.92 Å². The van der Waals surface area contributed by atoms with E-state index in [1.165, 1.54) is 10.4 Å². The van der Waals surface area contributed by atoms with E-state index in [1.807, 2.05) is 40.9 Å². The van der Waals surface area contributed by atoms with Gasteiger partial charge in [-0.2, -0.15) is 4.98 Å². The highest BCUT2D eigenvalue weighted by Crippen LogP contribution is 2.32. The maximum atomic E-state index is 4.66. The predicted molar refractivity (Wildman–Crippen MR) is 86.5 cm³/mol. The van der Waals surface area contributed by atoms with Gasteiger partial charge in [0.1, 0.15) is 0 Å². The third-order valence-corrected chi connectivity index (χ3v) is 4.67. The summed E-state index contributed by atoms with van der Waals surface area (Å²) in [5.74, 6) is 0.782. The van der Waals surface area contributed by atoms with Crippen LogP contribution in [0.15, 0.2) is 60.7 Å². The van der Waals surface area contributed by atoms with Gasteiger partial charge in [-0.1, -0.05) is 72.0 Å². The van der Waals surface area contributed by atoms with E-state index in [2.05, 4.69) is 41.3 Å². The number of fused-ring (bicyclic) bond motifs is 1. The Kier molecular flexibility index (Phi) is 2.82. The second kappa shape index (κ2) is 4.82. The third kappa shape index (κ3) is 2.04. The van der Waals surface area contributed by atoms with Crippen LogP contribution < -0.4 is 0 Å². The molecule has 0 aliphatic heterocycles. The van der Waals surface area contributed by atoms with E-state index in [1.54, 1.807) is 11.3 Å². The highest BCUT2D eigenvalue weighted by Gasteiger charge is 2.14. The van der Waals surface area contributed by atoms with E-state index in [0.29, 0.717) is 0 Å². The van der Waals surface area contributed by atoms with E-state index in [0.717, 1.165) is 22.0 Å². The van der Waals surface area contributed by atoms with Gasteiger partial charge in [0, 0.05) is 5.56 Å². The number of nitrogens with zero attached hydrogens (tertiary/aromatic N) is 3. The van der Waals surface area contributed by atoms with Crippen LogP contribution in [0.3, 0.4) is 0 Å². The van der Waals surface area contributed by atoms with Crippen LogP contribution in [0.2, 0.25) is 0 Å². The van der Waals surface area contributed by atoms with Crippen molar-refractivity contribution in [2.45, 2.75) is 6.92 Å². The van der Waals surface area contributed by atoms with Crippen molar-refractivity contribution in [3.8, 4) is 21.8 Å². The first-order chi connectivity index (χ1) is 10.3. The van der Waals surface area contributed by atoms with Crippen LogP contribution in [0.4, 0.5) is 0 Å². The van der Waals surface area contributed by atoms with Crippen LogP contribution in [0.1, 0.15) is 5.69 Å². The van der Waals surface area contributed by atoms with E-state index >= 15 is 0 Å². The molecule has 2 aromatic heterocycles. The topological polar surface area (TPSA) is 30.2 Å². The van der Waals surface area contributed by atoms with Gasteiger partial charge in [-0.25, -0.2) is 4.52 Å². The van der Waals surface area contributed by atoms with Crippen LogP contribution in [-0.4, -0.2) is 14.6 Å². The van der Waals surface area contributed by atoms with Crippen molar-refractivity contribution in [1.29, 1.82) is 0 Å². The molecule has 2 heterocycles. The van der Waals surface area contributed by atoms with Crippen molar-refractivity contribution in [2.24, 2.45) is 0 Å². The summed E-state index contributed by atoms with van der Waals surface area (Å²) >= 11 is 1.68. The molecule has 0 amide bonds. The number of aromatic nitrogens is 3. The standard InChI is InChI=1S/C17H13N3S/c1-12-15(13-8-4-2-5-9-13)21-17-18-16(19-20(12)17)14-10-6-3-7-11-14/h2-11H,1H3. The predicted octanol–water partition coefficient (Wildman–Crippen LogP) is 4.43. The molecule has 0 radical (unpaired) electrons. The largest absolute Gasteiger partial charge is 0.213 e. The van der Waals surface area contributed by atoms with Crippen molar-refractivity contribution in [1.82, 2.24) is 14.6 Å². The second-order valence-electron chi connectivity index (χ2n) is 4.88. The van der Waals surface area contributed by atoms with Gasteiger partial charge in [0.2, 0.25) is 4.96 Å². The van der Waals surface area contributed by atoms with E-state index in [4.69, 9.17) is 0 Å². The minimum Gasteiger partial charge on any atom is -0.207 e. The fourth-order valence-corrected chi connectivity index (χ4v) is 3.48. The Morgan fingerprint density at radius 1 is 0.857 bits per heavy atom. The quantitative estimate of drug-likeness (QED) is 0.547. The van der Waals surface area contributed by atoms with Crippen LogP contribution >= 0.6 is 11.3 Å². The zero-order chi connectivity index (χ0) is 14.2. The number of hydrogen-bond acceptors (Lipinski definition) is 3. The summed E-state index contributed by atoms with van der Waals surface area (Å²) in [6, 6.07) is 20.5. The average Bonchev–Trinajstić information content (AvgIpc) is 3.09. The zero-order valence-corrected chi connectivity index (χ0v) is 12.3. The summed E-state index contributed by atoms with van der Waals surface area (Å²) in [6.45, 7) is 2.09. The molecule has 2 aromatic carbocycles. The minimum atomic E-state index is 0.782. The Balaban J connectivity index is 1.85. The number of aryl methyl sites for hydroxylation is 1. The Labute approximate surface area is 126 Å². The second-order valence-corrected chi connectivity index (χ2v) is 5.86. The summed E-state index contributed by atoms with van der Waals surface area (Å²) in [7, 11) is 0. The molecular formula is C17H13N3S. The summed E-state index contributed by atoms with van der Waals surface area (Å²) in [6.07, 6.45) is 0. The van der Waals surface area contributed by atoms with E-state index in [9.17, 15) is 0 Å². The molecular weight excluding hydrogens is 278 g/mol. The van der Waals surface area contributed by atoms with Crippen LogP contribution in [-0.2, 0) is 0 Å². The summed E-state index contributed by atoms with van der Waals surface area (Å²) < 4.78 is 1.94. The Hall–Kier alpha value is -2.46. The molecule has 0 bridgehead atoms. The molecule has 4 heteroatoms. The number of rotatable bonds is 2. The SMILES string of the molecule is Cc1c(-c2ccccc2)sc2nc(-c3ccccc3)nn12. The smallest absolute Gasteiger partial charge is 0.207 e. The van der Waals surface area contributed by atoms with Gasteiger partial charge < -0.3 is 0 Å². The molecule has 3 nitrogen and oxygen atoms in total. The number of benzene rings is 2. The van der Waals surface area contributed by atoms with Crippen LogP contribution in [0.5, 0.6) is 0 Å². The fourth-order valence-electron chi connectivity index (χ4n) is 2.41. The summed E-state index contributed by atoms with van der Waals surface area (Å²) in [5, 5.41) is 4.64. The molecule has 4 aromatic rings. The summed E-state index contributed by atoms with van der Waals surface area (Å²) in [5.41, 5.74) is 3.40. The average molecular weight is 291 g/mol. The molecule has 0 saturated heterocycles. The van der Waals surface area contributed by atoms with E-state index in [-0.39, 0.29) is 0 Å². The lowest BCUT2D eigenvalue weighted by molar-refractivity contribution is 0.938. The lowest BCUT2D eigenvalue weighted by Gasteiger charge is -1.98. The highest BCUT2D eigenvalue weighted by molar-refractivity contribution is 7.20. The van der Waals surface area contributed by atoms with Crippen molar-refractivity contribution >= 4 is 16.3 Å². The third-order valence-electron chi connectivity index (χ3n) is 3.49. The molecule has 0 spiro atoms. The van der Waals surface area contributed by atoms with Crippen molar-refractivity contribution in [3.63, 3.8) is 0 Å². The van der Waals surface area contributed by atoms with Gasteiger partial charge in [-0.05, 0) is 12.5 Å². The lowest BCUT2D eigenvalue weighted by atomic mass is 10.2. The van der Waals surface area contributed by atoms with Crippen LogP contribution in [0.25, 0.3) is 26.8 Å². The monoisotopic (exact) mass is 291 g/mol. The molecule has 102 valence electrons. The molecule has 0 N–H and O–H groups in total. The maximum absolute atomic E-state index is 4.66. The van der Waals surface area contributed by atoms with Gasteiger partial charge in [0.25, 0.3) is 0 Å². The van der Waals surface area contributed by atoms with Crippen molar-refractivity contribution in [3.05, 3.63) is 66.4 Å². The molecule has 0 aliphatic rings. The fraction of sp³-hybridized carbons (Fsp3) is 0.0588. The van der Waals surface area contributed by atoms with Crippen molar-refractivity contribution < 1.29 is 0 Å². The number of thiazole rings is 1. The molecule has 21 heavy (non-hydrogen) atoms. The first kappa shape index (κ1) is 12.3. The first-order valence-electron chi connectivity index (χ1n) is 6.80. The van der Waals surface area contributed by atoms with Gasteiger partial charge >= 0.3 is 0 Å². The lowest BCUT2D eigenvalue weighted by Crippen LogP contribution is -1.89. The van der Waals surface area contributed by atoms with Gasteiger partial charge in [0.15, 0.2) is 5.82 Å². The molecule has 0 unspecified atom stereocenters. The summed E-state index contributed by atoms with van der Waals surface area (Å²) in [4.78, 5) is 6.82.